The van der Waals surface area contributed by atoms with Crippen LogP contribution in [0.15, 0.2) is 60.0 Å². The molecule has 0 saturated carbocycles. The molecule has 1 unspecified atom stereocenters. The van der Waals surface area contributed by atoms with Gasteiger partial charge in [0, 0.05) is 11.1 Å². The van der Waals surface area contributed by atoms with Gasteiger partial charge in [0.25, 0.3) is 5.91 Å². The van der Waals surface area contributed by atoms with Crippen molar-refractivity contribution in [2.45, 2.75) is 25.8 Å². The maximum atomic E-state index is 13.4. The number of ether oxygens (including phenoxy) is 1. The van der Waals surface area contributed by atoms with Gasteiger partial charge in [-0.05, 0) is 41.8 Å². The number of para-hydroxylation sites is 1. The van der Waals surface area contributed by atoms with Gasteiger partial charge in [-0.1, -0.05) is 38.1 Å². The van der Waals surface area contributed by atoms with E-state index >= 15 is 0 Å². The molecule has 1 atom stereocenters. The Balaban J connectivity index is 2.05. The molecule has 0 aromatic heterocycles. The fraction of sp³-hybridized carbons (Fsp3) is 0.286. The summed E-state index contributed by atoms with van der Waals surface area (Å²) < 4.78 is 29.2. The van der Waals surface area contributed by atoms with Gasteiger partial charge < -0.3 is 9.64 Å². The maximum absolute atomic E-state index is 13.4. The van der Waals surface area contributed by atoms with Crippen molar-refractivity contribution in [3.63, 3.8) is 0 Å². The van der Waals surface area contributed by atoms with Crippen LogP contribution < -0.4 is 9.64 Å². The monoisotopic (exact) mass is 385 g/mol. The average molecular weight is 385 g/mol. The third-order valence-electron chi connectivity index (χ3n) is 4.64. The Hall–Kier alpha value is -2.60. The molecule has 0 N–H and O–H groups in total. The second-order valence-corrected chi connectivity index (χ2v) is 8.78. The van der Waals surface area contributed by atoms with Gasteiger partial charge in [0.1, 0.15) is 5.75 Å². The maximum Gasteiger partial charge on any atom is 0.262 e. The molecule has 0 aliphatic carbocycles. The highest BCUT2D eigenvalue weighted by Gasteiger charge is 2.33. The van der Waals surface area contributed by atoms with E-state index in [0.717, 1.165) is 5.56 Å². The second-order valence-electron chi connectivity index (χ2n) is 6.85. The summed E-state index contributed by atoms with van der Waals surface area (Å²) in [5.74, 6) is 0.400. The highest BCUT2D eigenvalue weighted by Crippen LogP contribution is 2.29. The standard InChI is InChI=1S/C21H23NO4S/c1-15(2)16-8-10-17(11-9-16)22(18-12-13-27(24,25)14-18)21(23)19-6-4-5-7-20(19)26-3/h4-13,15,18H,14H2,1-3H3. The quantitative estimate of drug-likeness (QED) is 0.786. The summed E-state index contributed by atoms with van der Waals surface area (Å²) >= 11 is 0. The van der Waals surface area contributed by atoms with Crippen molar-refractivity contribution in [3.8, 4) is 5.75 Å². The number of hydrogen-bond acceptors (Lipinski definition) is 4. The van der Waals surface area contributed by atoms with Gasteiger partial charge in [0.2, 0.25) is 0 Å². The fourth-order valence-electron chi connectivity index (χ4n) is 3.15. The molecule has 1 aliphatic heterocycles. The number of anilines is 1. The van der Waals surface area contributed by atoms with E-state index in [-0.39, 0.29) is 11.7 Å². The number of hydrogen-bond donors (Lipinski definition) is 0. The number of nitrogens with zero attached hydrogens (tertiary/aromatic N) is 1. The first-order chi connectivity index (χ1) is 12.8. The lowest BCUT2D eigenvalue weighted by Gasteiger charge is -2.28. The minimum atomic E-state index is -3.31. The average Bonchev–Trinajstić information content (AvgIpc) is 3.01. The van der Waals surface area contributed by atoms with E-state index in [9.17, 15) is 13.2 Å². The minimum Gasteiger partial charge on any atom is -0.496 e. The third-order valence-corrected chi connectivity index (χ3v) is 6.01. The van der Waals surface area contributed by atoms with Crippen LogP contribution in [-0.4, -0.2) is 33.2 Å². The van der Waals surface area contributed by atoms with Gasteiger partial charge in [-0.15, -0.1) is 0 Å². The van der Waals surface area contributed by atoms with Crippen molar-refractivity contribution in [1.29, 1.82) is 0 Å². The predicted octanol–water partition coefficient (Wildman–Crippen LogP) is 3.78. The summed E-state index contributed by atoms with van der Waals surface area (Å²) in [6, 6.07) is 14.1. The molecule has 142 valence electrons. The highest BCUT2D eigenvalue weighted by molar-refractivity contribution is 7.94. The topological polar surface area (TPSA) is 63.7 Å². The normalized spacial score (nSPS) is 17.9. The molecule has 0 fully saturated rings. The van der Waals surface area contributed by atoms with E-state index in [1.807, 2.05) is 24.3 Å². The van der Waals surface area contributed by atoms with Gasteiger partial charge in [0.15, 0.2) is 9.84 Å². The van der Waals surface area contributed by atoms with Crippen molar-refractivity contribution in [2.75, 3.05) is 17.8 Å². The SMILES string of the molecule is COc1ccccc1C(=O)N(c1ccc(C(C)C)cc1)C1C=CS(=O)(=O)C1. The van der Waals surface area contributed by atoms with E-state index in [4.69, 9.17) is 4.74 Å². The molecular weight excluding hydrogens is 362 g/mol. The van der Waals surface area contributed by atoms with Crippen LogP contribution in [0.3, 0.4) is 0 Å². The van der Waals surface area contributed by atoms with Crippen LogP contribution in [0, 0.1) is 0 Å². The van der Waals surface area contributed by atoms with Crippen molar-refractivity contribution in [3.05, 3.63) is 71.1 Å². The molecule has 0 bridgehead atoms. The molecule has 2 aromatic carbocycles. The first-order valence-corrected chi connectivity index (χ1v) is 10.5. The van der Waals surface area contributed by atoms with Crippen LogP contribution >= 0.6 is 0 Å². The van der Waals surface area contributed by atoms with Crippen LogP contribution in [-0.2, 0) is 9.84 Å². The van der Waals surface area contributed by atoms with E-state index < -0.39 is 15.9 Å². The Morgan fingerprint density at radius 2 is 1.78 bits per heavy atom. The molecule has 3 rings (SSSR count). The van der Waals surface area contributed by atoms with Crippen molar-refractivity contribution >= 4 is 21.4 Å². The summed E-state index contributed by atoms with van der Waals surface area (Å²) in [6.45, 7) is 4.19. The fourth-order valence-corrected chi connectivity index (χ4v) is 4.42. The number of amides is 1. The van der Waals surface area contributed by atoms with E-state index in [2.05, 4.69) is 13.8 Å². The minimum absolute atomic E-state index is 0.125. The van der Waals surface area contributed by atoms with Crippen molar-refractivity contribution in [1.82, 2.24) is 0 Å². The molecule has 1 amide bonds. The first-order valence-electron chi connectivity index (χ1n) is 8.80. The molecule has 0 saturated heterocycles. The number of carbonyl (C=O) groups excluding carboxylic acids is 1. The lowest BCUT2D eigenvalue weighted by atomic mass is 10.0. The summed E-state index contributed by atoms with van der Waals surface area (Å²) in [5, 5.41) is 1.18. The van der Waals surface area contributed by atoms with E-state index in [0.29, 0.717) is 22.9 Å². The second kappa shape index (κ2) is 7.56. The van der Waals surface area contributed by atoms with Gasteiger partial charge >= 0.3 is 0 Å². The Bertz CT molecular complexity index is 962. The Morgan fingerprint density at radius 3 is 2.33 bits per heavy atom. The Morgan fingerprint density at radius 1 is 1.11 bits per heavy atom. The first kappa shape index (κ1) is 19.2. The molecule has 1 aliphatic rings. The Labute approximate surface area is 160 Å². The van der Waals surface area contributed by atoms with Crippen LogP contribution in [0.5, 0.6) is 5.75 Å². The molecule has 1 heterocycles. The molecule has 5 nitrogen and oxygen atoms in total. The van der Waals surface area contributed by atoms with Gasteiger partial charge in [0.05, 0.1) is 24.5 Å². The summed E-state index contributed by atoms with van der Waals surface area (Å²) in [5.41, 5.74) is 2.20. The summed E-state index contributed by atoms with van der Waals surface area (Å²) in [7, 11) is -1.80. The summed E-state index contributed by atoms with van der Waals surface area (Å²) in [4.78, 5) is 14.9. The number of rotatable bonds is 5. The van der Waals surface area contributed by atoms with E-state index in [1.54, 1.807) is 30.3 Å². The van der Waals surface area contributed by atoms with Gasteiger partial charge in [-0.25, -0.2) is 8.42 Å². The lowest BCUT2D eigenvalue weighted by molar-refractivity contribution is 0.0980. The smallest absolute Gasteiger partial charge is 0.262 e. The third kappa shape index (κ3) is 4.06. The molecule has 0 spiro atoms. The number of methoxy groups -OCH3 is 1. The van der Waals surface area contributed by atoms with E-state index in [1.165, 1.54) is 17.4 Å². The van der Waals surface area contributed by atoms with Gasteiger partial charge in [-0.3, -0.25) is 4.79 Å². The van der Waals surface area contributed by atoms with Gasteiger partial charge in [-0.2, -0.15) is 0 Å². The summed E-state index contributed by atoms with van der Waals surface area (Å²) in [6.07, 6.45) is 1.57. The van der Waals surface area contributed by atoms with Crippen LogP contribution in [0.1, 0.15) is 35.7 Å². The van der Waals surface area contributed by atoms with Crippen molar-refractivity contribution in [2.24, 2.45) is 0 Å². The number of sulfone groups is 1. The molecular formula is C21H23NO4S. The zero-order valence-electron chi connectivity index (χ0n) is 15.6. The molecule has 2 aromatic rings. The highest BCUT2D eigenvalue weighted by atomic mass is 32.2. The van der Waals surface area contributed by atoms with Crippen molar-refractivity contribution < 1.29 is 17.9 Å². The molecule has 0 radical (unpaired) electrons. The predicted molar refractivity (Wildman–Crippen MR) is 107 cm³/mol. The number of carbonyl (C=O) groups is 1. The molecule has 27 heavy (non-hydrogen) atoms. The largest absolute Gasteiger partial charge is 0.496 e. The zero-order valence-corrected chi connectivity index (χ0v) is 16.4. The zero-order chi connectivity index (χ0) is 19.6. The van der Waals surface area contributed by atoms with Crippen LogP contribution in [0.2, 0.25) is 0 Å². The Kier molecular flexibility index (Phi) is 5.37. The molecule has 6 heteroatoms. The lowest BCUT2D eigenvalue weighted by Crippen LogP contribution is -2.41. The van der Waals surface area contributed by atoms with Crippen LogP contribution in [0.4, 0.5) is 5.69 Å². The van der Waals surface area contributed by atoms with Crippen LogP contribution in [0.25, 0.3) is 0 Å². The number of benzene rings is 2.